The number of amides is 2. The van der Waals surface area contributed by atoms with E-state index in [-0.39, 0.29) is 25.0 Å². The van der Waals surface area contributed by atoms with Crippen molar-refractivity contribution in [3.63, 3.8) is 0 Å². The van der Waals surface area contributed by atoms with Gasteiger partial charge in [-0.05, 0) is 17.7 Å². The minimum Gasteiger partial charge on any atom is -0.463 e. The molecule has 0 unspecified atom stereocenters. The molecule has 3 heterocycles. The number of aromatic nitrogens is 1. The number of furan rings is 1. The number of nitrogens with one attached hydrogen (secondary N) is 1. The molecule has 2 aromatic heterocycles. The molecule has 0 radical (unpaired) electrons. The predicted molar refractivity (Wildman–Crippen MR) is 100 cm³/mol. The van der Waals surface area contributed by atoms with E-state index in [2.05, 4.69) is 10.3 Å². The average molecular weight is 383 g/mol. The van der Waals surface area contributed by atoms with Gasteiger partial charge in [-0.2, -0.15) is 0 Å². The molecule has 4 rings (SSSR count). The van der Waals surface area contributed by atoms with Crippen LogP contribution in [-0.2, 0) is 20.9 Å². The van der Waals surface area contributed by atoms with Crippen LogP contribution >= 0.6 is 11.3 Å². The Hall–Kier alpha value is -2.97. The summed E-state index contributed by atoms with van der Waals surface area (Å²) < 4.78 is 10.6. The third kappa shape index (κ3) is 3.91. The number of carbonyl (C=O) groups is 2. The molecule has 1 atom stereocenters. The monoisotopic (exact) mass is 383 g/mol. The summed E-state index contributed by atoms with van der Waals surface area (Å²) in [5, 5.41) is 5.04. The first kappa shape index (κ1) is 17.4. The van der Waals surface area contributed by atoms with Crippen molar-refractivity contribution in [2.45, 2.75) is 12.6 Å². The van der Waals surface area contributed by atoms with Crippen LogP contribution in [0.2, 0.25) is 0 Å². The van der Waals surface area contributed by atoms with Gasteiger partial charge in [0.25, 0.3) is 5.91 Å². The molecule has 1 saturated heterocycles. The third-order valence-electron chi connectivity index (χ3n) is 4.20. The molecule has 0 bridgehead atoms. The number of thiazole rings is 1. The Morgan fingerprint density at radius 1 is 1.26 bits per heavy atom. The molecular weight excluding hydrogens is 366 g/mol. The maximum absolute atomic E-state index is 12.8. The summed E-state index contributed by atoms with van der Waals surface area (Å²) in [7, 11) is 0. The minimum atomic E-state index is -0.706. The van der Waals surface area contributed by atoms with Gasteiger partial charge in [0.15, 0.2) is 10.9 Å². The van der Waals surface area contributed by atoms with Gasteiger partial charge in [0.1, 0.15) is 18.3 Å². The zero-order valence-electron chi connectivity index (χ0n) is 14.3. The van der Waals surface area contributed by atoms with Gasteiger partial charge < -0.3 is 19.4 Å². The highest BCUT2D eigenvalue weighted by molar-refractivity contribution is 7.14. The number of carbonyl (C=O) groups excluding carboxylic acids is 2. The van der Waals surface area contributed by atoms with Crippen molar-refractivity contribution in [2.75, 3.05) is 18.5 Å². The molecule has 1 aliphatic heterocycles. The van der Waals surface area contributed by atoms with Crippen LogP contribution in [0, 0.1) is 0 Å². The molecule has 0 spiro atoms. The summed E-state index contributed by atoms with van der Waals surface area (Å²) >= 11 is 1.30. The fraction of sp³-hybridized carbons (Fsp3) is 0.211. The molecule has 8 heteroatoms. The van der Waals surface area contributed by atoms with Crippen LogP contribution in [0.1, 0.15) is 5.56 Å². The van der Waals surface area contributed by atoms with Crippen LogP contribution in [0.5, 0.6) is 0 Å². The third-order valence-corrected chi connectivity index (χ3v) is 4.96. The van der Waals surface area contributed by atoms with Crippen molar-refractivity contribution in [3.8, 4) is 11.5 Å². The van der Waals surface area contributed by atoms with Crippen molar-refractivity contribution in [2.24, 2.45) is 0 Å². The van der Waals surface area contributed by atoms with Gasteiger partial charge in [-0.1, -0.05) is 30.3 Å². The van der Waals surface area contributed by atoms with Gasteiger partial charge in [0.2, 0.25) is 5.91 Å². The van der Waals surface area contributed by atoms with Gasteiger partial charge in [0, 0.05) is 11.9 Å². The summed E-state index contributed by atoms with van der Waals surface area (Å²) in [6.45, 7) is 0.494. The summed E-state index contributed by atoms with van der Waals surface area (Å²) in [6, 6.07) is 12.4. The standard InChI is InChI=1S/C19H17N3O4S/c23-17-11-25-10-15(22(17)9-13-5-2-1-3-6-13)18(24)21-19-20-14(12-27-19)16-7-4-8-26-16/h1-8,12,15H,9-11H2,(H,20,21,24)/t15-/m0/s1. The first-order valence-corrected chi connectivity index (χ1v) is 9.30. The second-order valence-corrected chi connectivity index (χ2v) is 6.90. The van der Waals surface area contributed by atoms with Gasteiger partial charge in [-0.3, -0.25) is 9.59 Å². The number of rotatable bonds is 5. The van der Waals surface area contributed by atoms with Crippen LogP contribution in [0.4, 0.5) is 5.13 Å². The van der Waals surface area contributed by atoms with E-state index in [0.717, 1.165) is 5.56 Å². The lowest BCUT2D eigenvalue weighted by atomic mass is 10.1. The van der Waals surface area contributed by atoms with Crippen LogP contribution in [-0.4, -0.2) is 41.0 Å². The summed E-state index contributed by atoms with van der Waals surface area (Å²) in [4.78, 5) is 31.0. The van der Waals surface area contributed by atoms with Crippen molar-refractivity contribution in [1.29, 1.82) is 0 Å². The molecule has 138 valence electrons. The van der Waals surface area contributed by atoms with E-state index in [1.54, 1.807) is 28.7 Å². The lowest BCUT2D eigenvalue weighted by Crippen LogP contribution is -2.54. The zero-order valence-corrected chi connectivity index (χ0v) is 15.1. The SMILES string of the molecule is O=C(Nc1nc(-c2ccco2)cs1)[C@@H]1COCC(=O)N1Cc1ccccc1. The fourth-order valence-corrected chi connectivity index (χ4v) is 3.56. The molecule has 1 aromatic carbocycles. The smallest absolute Gasteiger partial charge is 0.251 e. The lowest BCUT2D eigenvalue weighted by Gasteiger charge is -2.34. The second-order valence-electron chi connectivity index (χ2n) is 6.04. The maximum Gasteiger partial charge on any atom is 0.251 e. The maximum atomic E-state index is 12.8. The number of ether oxygens (including phenoxy) is 1. The van der Waals surface area contributed by atoms with E-state index in [4.69, 9.17) is 9.15 Å². The van der Waals surface area contributed by atoms with Crippen LogP contribution in [0.3, 0.4) is 0 Å². The van der Waals surface area contributed by atoms with E-state index in [1.165, 1.54) is 11.3 Å². The first-order valence-electron chi connectivity index (χ1n) is 8.42. The summed E-state index contributed by atoms with van der Waals surface area (Å²) in [6.07, 6.45) is 1.57. The van der Waals surface area contributed by atoms with Gasteiger partial charge in [-0.25, -0.2) is 4.98 Å². The van der Waals surface area contributed by atoms with E-state index in [9.17, 15) is 9.59 Å². The van der Waals surface area contributed by atoms with Gasteiger partial charge in [0.05, 0.1) is 12.9 Å². The van der Waals surface area contributed by atoms with E-state index in [1.807, 2.05) is 30.3 Å². The number of nitrogens with zero attached hydrogens (tertiary/aromatic N) is 2. The Kier molecular flexibility index (Phi) is 4.99. The lowest BCUT2D eigenvalue weighted by molar-refractivity contribution is -0.154. The Balaban J connectivity index is 1.48. The Bertz CT molecular complexity index is 924. The van der Waals surface area contributed by atoms with Crippen molar-refractivity contribution < 1.29 is 18.7 Å². The van der Waals surface area contributed by atoms with Gasteiger partial charge >= 0.3 is 0 Å². The molecule has 27 heavy (non-hydrogen) atoms. The highest BCUT2D eigenvalue weighted by atomic mass is 32.1. The highest BCUT2D eigenvalue weighted by Crippen LogP contribution is 2.25. The number of benzene rings is 1. The Morgan fingerprint density at radius 3 is 2.89 bits per heavy atom. The highest BCUT2D eigenvalue weighted by Gasteiger charge is 2.34. The van der Waals surface area contributed by atoms with E-state index in [0.29, 0.717) is 23.1 Å². The molecule has 0 aliphatic carbocycles. The van der Waals surface area contributed by atoms with Crippen molar-refractivity contribution in [3.05, 3.63) is 59.7 Å². The topological polar surface area (TPSA) is 84.7 Å². The number of hydrogen-bond donors (Lipinski definition) is 1. The second kappa shape index (κ2) is 7.73. The van der Waals surface area contributed by atoms with Crippen molar-refractivity contribution >= 4 is 28.3 Å². The van der Waals surface area contributed by atoms with Crippen LogP contribution < -0.4 is 5.32 Å². The molecule has 7 nitrogen and oxygen atoms in total. The van der Waals surface area contributed by atoms with Crippen LogP contribution in [0.15, 0.2) is 58.5 Å². The van der Waals surface area contributed by atoms with E-state index >= 15 is 0 Å². The molecule has 2 amide bonds. The normalized spacial score (nSPS) is 17.1. The summed E-state index contributed by atoms with van der Waals surface area (Å²) in [5.74, 6) is 0.105. The number of anilines is 1. The molecule has 0 saturated carbocycles. The average Bonchev–Trinajstić information content (AvgIpc) is 3.36. The van der Waals surface area contributed by atoms with Crippen LogP contribution in [0.25, 0.3) is 11.5 Å². The molecular formula is C19H17N3O4S. The largest absolute Gasteiger partial charge is 0.463 e. The minimum absolute atomic E-state index is 0.0174. The predicted octanol–water partition coefficient (Wildman–Crippen LogP) is 2.77. The zero-order chi connectivity index (χ0) is 18.6. The Labute approximate surface area is 159 Å². The summed E-state index contributed by atoms with van der Waals surface area (Å²) in [5.41, 5.74) is 1.61. The van der Waals surface area contributed by atoms with Gasteiger partial charge in [-0.15, -0.1) is 11.3 Å². The Morgan fingerprint density at radius 2 is 2.11 bits per heavy atom. The number of hydrogen-bond acceptors (Lipinski definition) is 6. The molecule has 1 aliphatic rings. The van der Waals surface area contributed by atoms with Crippen molar-refractivity contribution in [1.82, 2.24) is 9.88 Å². The molecule has 1 N–H and O–H groups in total. The fourth-order valence-electron chi connectivity index (χ4n) is 2.86. The first-order chi connectivity index (χ1) is 13.2. The molecule has 3 aromatic rings. The van der Waals surface area contributed by atoms with E-state index < -0.39 is 6.04 Å². The quantitative estimate of drug-likeness (QED) is 0.732. The molecule has 1 fully saturated rings. The number of morpholine rings is 1.